The van der Waals surface area contributed by atoms with Gasteiger partial charge in [-0.05, 0) is 67.7 Å². The van der Waals surface area contributed by atoms with Crippen molar-refractivity contribution in [1.29, 1.82) is 0 Å². The first kappa shape index (κ1) is 17.7. The van der Waals surface area contributed by atoms with Crippen LogP contribution in [0.3, 0.4) is 0 Å². The Kier molecular flexibility index (Phi) is 6.14. The minimum atomic E-state index is -0.328. The molecule has 2 aromatic rings. The standard InChI is InChI=1S/C18H21N3O2S/c1-4-23-17(22)13-5-7-14(8-6-13)19-18(24)20-15-9-11-16(12-10-15)21(2)3/h5-12H,4H2,1-3H3,(H2,19,20,24). The van der Waals surface area contributed by atoms with Gasteiger partial charge in [-0.15, -0.1) is 0 Å². The predicted octanol–water partition coefficient (Wildman–Crippen LogP) is 3.74. The summed E-state index contributed by atoms with van der Waals surface area (Å²) in [6.07, 6.45) is 0. The number of esters is 1. The number of anilines is 3. The number of carbonyl (C=O) groups is 1. The molecular weight excluding hydrogens is 322 g/mol. The fourth-order valence-electron chi connectivity index (χ4n) is 2.04. The Morgan fingerprint density at radius 1 is 1.00 bits per heavy atom. The fraction of sp³-hybridized carbons (Fsp3) is 0.222. The van der Waals surface area contributed by atoms with Gasteiger partial charge in [-0.25, -0.2) is 4.79 Å². The largest absolute Gasteiger partial charge is 0.462 e. The van der Waals surface area contributed by atoms with Crippen molar-refractivity contribution >= 4 is 40.4 Å². The second-order valence-corrected chi connectivity index (χ2v) is 5.73. The quantitative estimate of drug-likeness (QED) is 0.637. The molecule has 0 amide bonds. The molecule has 0 radical (unpaired) electrons. The number of ether oxygens (including phenoxy) is 1. The molecule has 0 aliphatic rings. The maximum Gasteiger partial charge on any atom is 0.338 e. The van der Waals surface area contributed by atoms with E-state index in [-0.39, 0.29) is 5.97 Å². The van der Waals surface area contributed by atoms with Gasteiger partial charge in [0.05, 0.1) is 12.2 Å². The summed E-state index contributed by atoms with van der Waals surface area (Å²) < 4.78 is 4.95. The topological polar surface area (TPSA) is 53.6 Å². The SMILES string of the molecule is CCOC(=O)c1ccc(NC(=S)Nc2ccc(N(C)C)cc2)cc1. The van der Waals surface area contributed by atoms with Crippen LogP contribution in [0.1, 0.15) is 17.3 Å². The van der Waals surface area contributed by atoms with Crippen LogP contribution in [0.2, 0.25) is 0 Å². The molecule has 0 aliphatic carbocycles. The van der Waals surface area contributed by atoms with E-state index in [0.717, 1.165) is 17.1 Å². The predicted molar refractivity (Wildman–Crippen MR) is 103 cm³/mol. The summed E-state index contributed by atoms with van der Waals surface area (Å²) in [5, 5.41) is 6.69. The summed E-state index contributed by atoms with van der Waals surface area (Å²) in [6, 6.07) is 14.9. The van der Waals surface area contributed by atoms with E-state index in [2.05, 4.69) is 10.6 Å². The highest BCUT2D eigenvalue weighted by molar-refractivity contribution is 7.80. The number of hydrogen-bond acceptors (Lipinski definition) is 4. The van der Waals surface area contributed by atoms with Gasteiger partial charge in [-0.3, -0.25) is 0 Å². The van der Waals surface area contributed by atoms with Gasteiger partial charge in [0.15, 0.2) is 5.11 Å². The number of nitrogens with one attached hydrogen (secondary N) is 2. The van der Waals surface area contributed by atoms with Crippen molar-refractivity contribution in [2.75, 3.05) is 36.2 Å². The number of nitrogens with zero attached hydrogens (tertiary/aromatic N) is 1. The maximum atomic E-state index is 11.6. The van der Waals surface area contributed by atoms with Crippen molar-refractivity contribution in [3.8, 4) is 0 Å². The van der Waals surface area contributed by atoms with E-state index >= 15 is 0 Å². The third-order valence-electron chi connectivity index (χ3n) is 3.30. The first-order valence-electron chi connectivity index (χ1n) is 7.62. The summed E-state index contributed by atoms with van der Waals surface area (Å²) in [6.45, 7) is 2.14. The number of benzene rings is 2. The van der Waals surface area contributed by atoms with E-state index in [0.29, 0.717) is 17.3 Å². The summed E-state index contributed by atoms with van der Waals surface area (Å²) in [5.74, 6) is -0.328. The highest BCUT2D eigenvalue weighted by atomic mass is 32.1. The van der Waals surface area contributed by atoms with Crippen molar-refractivity contribution in [1.82, 2.24) is 0 Å². The molecule has 0 saturated carbocycles. The minimum absolute atomic E-state index is 0.328. The first-order valence-corrected chi connectivity index (χ1v) is 8.03. The second kappa shape index (κ2) is 8.31. The molecule has 0 spiro atoms. The molecule has 0 heterocycles. The molecule has 5 nitrogen and oxygen atoms in total. The zero-order valence-electron chi connectivity index (χ0n) is 14.0. The molecule has 24 heavy (non-hydrogen) atoms. The van der Waals surface area contributed by atoms with Gasteiger partial charge in [0.25, 0.3) is 0 Å². The monoisotopic (exact) mass is 343 g/mol. The van der Waals surface area contributed by atoms with E-state index in [1.807, 2.05) is 43.3 Å². The van der Waals surface area contributed by atoms with Crippen molar-refractivity contribution in [3.05, 3.63) is 54.1 Å². The van der Waals surface area contributed by atoms with E-state index < -0.39 is 0 Å². The van der Waals surface area contributed by atoms with Gasteiger partial charge in [-0.2, -0.15) is 0 Å². The zero-order chi connectivity index (χ0) is 17.5. The molecule has 126 valence electrons. The maximum absolute atomic E-state index is 11.6. The van der Waals surface area contributed by atoms with Crippen molar-refractivity contribution in [2.45, 2.75) is 6.92 Å². The van der Waals surface area contributed by atoms with Crippen LogP contribution in [0.5, 0.6) is 0 Å². The molecule has 0 bridgehead atoms. The Bertz CT molecular complexity index is 697. The Morgan fingerprint density at radius 2 is 1.50 bits per heavy atom. The second-order valence-electron chi connectivity index (χ2n) is 5.32. The molecule has 2 rings (SSSR count). The normalized spacial score (nSPS) is 9.96. The molecule has 0 aromatic heterocycles. The molecule has 2 N–H and O–H groups in total. The fourth-order valence-corrected chi connectivity index (χ4v) is 2.28. The molecule has 6 heteroatoms. The third-order valence-corrected chi connectivity index (χ3v) is 3.50. The molecule has 0 aliphatic heterocycles. The average Bonchev–Trinajstić information content (AvgIpc) is 2.56. The van der Waals surface area contributed by atoms with Gasteiger partial charge in [0.2, 0.25) is 0 Å². The zero-order valence-corrected chi connectivity index (χ0v) is 14.8. The summed E-state index contributed by atoms with van der Waals surface area (Å²) in [4.78, 5) is 13.6. The smallest absolute Gasteiger partial charge is 0.338 e. The number of carbonyl (C=O) groups excluding carboxylic acids is 1. The Hall–Kier alpha value is -2.60. The molecular formula is C18H21N3O2S. The molecule has 2 aromatic carbocycles. The third kappa shape index (κ3) is 4.96. The van der Waals surface area contributed by atoms with Gasteiger partial charge >= 0.3 is 5.97 Å². The van der Waals surface area contributed by atoms with Crippen molar-refractivity contribution in [3.63, 3.8) is 0 Å². The van der Waals surface area contributed by atoms with Gasteiger partial charge in [0.1, 0.15) is 0 Å². The lowest BCUT2D eigenvalue weighted by Crippen LogP contribution is -2.19. The van der Waals surface area contributed by atoms with Gasteiger partial charge < -0.3 is 20.3 Å². The van der Waals surface area contributed by atoms with E-state index in [1.54, 1.807) is 31.2 Å². The van der Waals surface area contributed by atoms with Gasteiger partial charge in [-0.1, -0.05) is 0 Å². The molecule has 0 fully saturated rings. The number of thiocarbonyl (C=S) groups is 1. The van der Waals surface area contributed by atoms with E-state index in [9.17, 15) is 4.79 Å². The average molecular weight is 343 g/mol. The van der Waals surface area contributed by atoms with E-state index in [4.69, 9.17) is 17.0 Å². The van der Waals surface area contributed by atoms with Crippen LogP contribution in [-0.2, 0) is 4.74 Å². The van der Waals surface area contributed by atoms with Crippen LogP contribution < -0.4 is 15.5 Å². The summed E-state index contributed by atoms with van der Waals surface area (Å²) in [7, 11) is 3.99. The first-order chi connectivity index (χ1) is 11.5. The summed E-state index contributed by atoms with van der Waals surface area (Å²) >= 11 is 5.30. The lowest BCUT2D eigenvalue weighted by atomic mass is 10.2. The van der Waals surface area contributed by atoms with Crippen LogP contribution in [0.15, 0.2) is 48.5 Å². The Labute approximate surface area is 147 Å². The van der Waals surface area contributed by atoms with Crippen LogP contribution in [0, 0.1) is 0 Å². The lowest BCUT2D eigenvalue weighted by Gasteiger charge is -2.14. The van der Waals surface area contributed by atoms with Gasteiger partial charge in [0, 0.05) is 31.2 Å². The summed E-state index contributed by atoms with van der Waals surface area (Å²) in [5.41, 5.74) is 3.33. The molecule has 0 unspecified atom stereocenters. The highest BCUT2D eigenvalue weighted by Gasteiger charge is 2.06. The van der Waals surface area contributed by atoms with Crippen LogP contribution in [0.25, 0.3) is 0 Å². The Morgan fingerprint density at radius 3 is 1.96 bits per heavy atom. The van der Waals surface area contributed by atoms with Crippen molar-refractivity contribution in [2.24, 2.45) is 0 Å². The molecule has 0 atom stereocenters. The van der Waals surface area contributed by atoms with Crippen molar-refractivity contribution < 1.29 is 9.53 Å². The van der Waals surface area contributed by atoms with Crippen LogP contribution in [0.4, 0.5) is 17.1 Å². The minimum Gasteiger partial charge on any atom is -0.462 e. The van der Waals surface area contributed by atoms with E-state index in [1.165, 1.54) is 0 Å². The van der Waals surface area contributed by atoms with Crippen LogP contribution in [-0.4, -0.2) is 31.8 Å². The number of rotatable bonds is 5. The van der Waals surface area contributed by atoms with Crippen LogP contribution >= 0.6 is 12.2 Å². The molecule has 0 saturated heterocycles. The highest BCUT2D eigenvalue weighted by Crippen LogP contribution is 2.16. The number of hydrogen-bond donors (Lipinski definition) is 2. The Balaban J connectivity index is 1.93. The lowest BCUT2D eigenvalue weighted by molar-refractivity contribution is 0.0526.